The first-order valence-corrected chi connectivity index (χ1v) is 9.25. The third-order valence-corrected chi connectivity index (χ3v) is 4.34. The molecule has 2 N–H and O–H groups in total. The number of carbonyl (C=O) groups is 1. The van der Waals surface area contributed by atoms with E-state index in [1.165, 1.54) is 25.5 Å². The lowest BCUT2D eigenvalue weighted by atomic mass is 9.95. The van der Waals surface area contributed by atoms with Crippen LogP contribution in [0.25, 0.3) is 11.0 Å². The van der Waals surface area contributed by atoms with Crippen molar-refractivity contribution in [1.82, 2.24) is 9.55 Å². The Morgan fingerprint density at radius 1 is 1.22 bits per heavy atom. The van der Waals surface area contributed by atoms with Crippen molar-refractivity contribution < 1.29 is 14.3 Å². The van der Waals surface area contributed by atoms with Gasteiger partial charge in [-0.25, -0.2) is 9.78 Å². The van der Waals surface area contributed by atoms with Gasteiger partial charge in [-0.3, -0.25) is 4.79 Å². The van der Waals surface area contributed by atoms with Crippen molar-refractivity contribution in [3.05, 3.63) is 34.7 Å². The number of amides is 1. The van der Waals surface area contributed by atoms with Crippen molar-refractivity contribution in [2.75, 3.05) is 7.11 Å². The quantitative estimate of drug-likeness (QED) is 0.861. The molecule has 1 saturated carbocycles. The van der Waals surface area contributed by atoms with E-state index in [4.69, 9.17) is 10.5 Å². The molecule has 148 valence electrons. The summed E-state index contributed by atoms with van der Waals surface area (Å²) < 4.78 is 11.7. The fraction of sp³-hybridized carbons (Fsp3) is 0.550. The largest absolute Gasteiger partial charge is 0.497 e. The highest BCUT2D eigenvalue weighted by atomic mass is 16.6. The molecule has 0 atom stereocenters. The molecule has 1 fully saturated rings. The zero-order chi connectivity index (χ0) is 20.0. The average Bonchev–Trinajstić information content (AvgIpc) is 2.60. The van der Waals surface area contributed by atoms with Crippen molar-refractivity contribution in [1.29, 1.82) is 0 Å². The molecule has 0 bridgehead atoms. The lowest BCUT2D eigenvalue weighted by Crippen LogP contribution is -2.27. The number of nitrogens with two attached hydrogens (primary N) is 1. The van der Waals surface area contributed by atoms with Crippen LogP contribution in [0.2, 0.25) is 0 Å². The van der Waals surface area contributed by atoms with Crippen LogP contribution in [0.1, 0.15) is 58.9 Å². The van der Waals surface area contributed by atoms with Gasteiger partial charge in [-0.15, -0.1) is 0 Å². The molecule has 1 amide bonds. The number of ether oxygens (including phenoxy) is 2. The van der Waals surface area contributed by atoms with Crippen LogP contribution in [-0.2, 0) is 4.74 Å². The molecule has 1 aromatic carbocycles. The summed E-state index contributed by atoms with van der Waals surface area (Å²) in [5.74, 6) is 0.768. The number of hydrogen-bond donors (Lipinski definition) is 1. The highest BCUT2D eigenvalue weighted by Crippen LogP contribution is 2.30. The molecule has 27 heavy (non-hydrogen) atoms. The van der Waals surface area contributed by atoms with E-state index in [1.54, 1.807) is 27.9 Å². The van der Waals surface area contributed by atoms with E-state index in [0.29, 0.717) is 6.04 Å². The van der Waals surface area contributed by atoms with Crippen LogP contribution in [0.4, 0.5) is 4.79 Å². The third kappa shape index (κ3) is 5.98. The van der Waals surface area contributed by atoms with E-state index in [2.05, 4.69) is 9.72 Å². The number of primary amides is 1. The van der Waals surface area contributed by atoms with Crippen molar-refractivity contribution in [3.8, 4) is 5.75 Å². The average molecular weight is 375 g/mol. The summed E-state index contributed by atoms with van der Waals surface area (Å²) in [5, 5.41) is 0. The fourth-order valence-electron chi connectivity index (χ4n) is 3.26. The number of methoxy groups -OCH3 is 1. The maximum atomic E-state index is 12.2. The second kappa shape index (κ2) is 8.88. The molecule has 0 unspecified atom stereocenters. The number of fused-ring (bicyclic) bond motifs is 1. The number of nitrogens with zero attached hydrogens (tertiary/aromatic N) is 2. The van der Waals surface area contributed by atoms with Gasteiger partial charge in [0, 0.05) is 12.1 Å². The Morgan fingerprint density at radius 3 is 2.41 bits per heavy atom. The predicted molar refractivity (Wildman–Crippen MR) is 105 cm³/mol. The third-order valence-electron chi connectivity index (χ3n) is 4.34. The highest BCUT2D eigenvalue weighted by Gasteiger charge is 2.18. The lowest BCUT2D eigenvalue weighted by Gasteiger charge is -2.25. The second-order valence-electron chi connectivity index (χ2n) is 7.65. The fourth-order valence-corrected chi connectivity index (χ4v) is 3.26. The minimum atomic E-state index is -0.725. The zero-order valence-corrected chi connectivity index (χ0v) is 16.5. The summed E-state index contributed by atoms with van der Waals surface area (Å²) in [6.07, 6.45) is 6.54. The molecule has 2 aromatic rings. The highest BCUT2D eigenvalue weighted by molar-refractivity contribution is 5.76. The summed E-state index contributed by atoms with van der Waals surface area (Å²) in [7, 11) is 1.64. The monoisotopic (exact) mass is 375 g/mol. The molecular formula is C20H29N3O4. The maximum absolute atomic E-state index is 12.2. The van der Waals surface area contributed by atoms with Gasteiger partial charge >= 0.3 is 6.09 Å². The molecular weight excluding hydrogens is 346 g/mol. The minimum absolute atomic E-state index is 0.00680. The van der Waals surface area contributed by atoms with E-state index in [-0.39, 0.29) is 5.56 Å². The van der Waals surface area contributed by atoms with E-state index in [0.717, 1.165) is 29.6 Å². The molecule has 7 nitrogen and oxygen atoms in total. The van der Waals surface area contributed by atoms with Gasteiger partial charge in [0.1, 0.15) is 11.4 Å². The van der Waals surface area contributed by atoms with E-state index in [9.17, 15) is 9.59 Å². The summed E-state index contributed by atoms with van der Waals surface area (Å²) in [4.78, 5) is 26.4. The van der Waals surface area contributed by atoms with Crippen LogP contribution in [-0.4, -0.2) is 28.4 Å². The van der Waals surface area contributed by atoms with Crippen LogP contribution in [0, 0.1) is 0 Å². The Kier molecular flexibility index (Phi) is 6.82. The number of benzene rings is 1. The van der Waals surface area contributed by atoms with Gasteiger partial charge in [0.25, 0.3) is 5.56 Å². The first-order valence-electron chi connectivity index (χ1n) is 9.25. The Bertz CT molecular complexity index is 833. The Morgan fingerprint density at radius 2 is 1.89 bits per heavy atom. The molecule has 0 aliphatic heterocycles. The molecule has 0 radical (unpaired) electrons. The number of hydrogen-bond acceptors (Lipinski definition) is 5. The molecule has 1 aliphatic rings. The van der Waals surface area contributed by atoms with Crippen LogP contribution < -0.4 is 16.0 Å². The van der Waals surface area contributed by atoms with Crippen LogP contribution in [0.15, 0.2) is 29.2 Å². The smallest absolute Gasteiger partial charge is 0.405 e. The van der Waals surface area contributed by atoms with Crippen molar-refractivity contribution in [2.24, 2.45) is 5.73 Å². The summed E-state index contributed by atoms with van der Waals surface area (Å²) in [6, 6.07) is 6.01. The zero-order valence-electron chi connectivity index (χ0n) is 16.5. The first-order chi connectivity index (χ1) is 12.7. The van der Waals surface area contributed by atoms with Gasteiger partial charge in [-0.2, -0.15) is 0 Å². The first kappa shape index (κ1) is 20.7. The maximum Gasteiger partial charge on any atom is 0.405 e. The summed E-state index contributed by atoms with van der Waals surface area (Å²) in [5.41, 5.74) is 6.00. The SMILES string of the molecule is CC(C)(C)OC(N)=O.COc1ccc2ncc(=O)n(C3CCCCC3)c2c1. The van der Waals surface area contributed by atoms with Crippen LogP contribution >= 0.6 is 0 Å². The van der Waals surface area contributed by atoms with E-state index in [1.807, 2.05) is 22.8 Å². The summed E-state index contributed by atoms with van der Waals surface area (Å²) in [6.45, 7) is 5.28. The molecule has 0 spiro atoms. The van der Waals surface area contributed by atoms with Gasteiger partial charge in [0.15, 0.2) is 0 Å². The number of rotatable bonds is 2. The normalized spacial score (nSPS) is 15.0. The van der Waals surface area contributed by atoms with Gasteiger partial charge < -0.3 is 19.8 Å². The van der Waals surface area contributed by atoms with Gasteiger partial charge in [-0.05, 0) is 45.7 Å². The van der Waals surface area contributed by atoms with E-state index < -0.39 is 11.7 Å². The number of aromatic nitrogens is 2. The molecule has 1 aliphatic carbocycles. The second-order valence-corrected chi connectivity index (χ2v) is 7.65. The van der Waals surface area contributed by atoms with Gasteiger partial charge in [-0.1, -0.05) is 19.3 Å². The van der Waals surface area contributed by atoms with Crippen molar-refractivity contribution >= 4 is 17.1 Å². The topological polar surface area (TPSA) is 96.4 Å². The summed E-state index contributed by atoms with van der Waals surface area (Å²) >= 11 is 0. The lowest BCUT2D eigenvalue weighted by molar-refractivity contribution is 0.0600. The Hall–Kier alpha value is -2.57. The Labute approximate surface area is 159 Å². The number of carbonyl (C=O) groups excluding carboxylic acids is 1. The molecule has 7 heteroatoms. The molecule has 1 heterocycles. The molecule has 3 rings (SSSR count). The molecule has 1 aromatic heterocycles. The minimum Gasteiger partial charge on any atom is -0.497 e. The van der Waals surface area contributed by atoms with Gasteiger partial charge in [0.2, 0.25) is 0 Å². The molecule has 0 saturated heterocycles. The van der Waals surface area contributed by atoms with E-state index >= 15 is 0 Å². The predicted octanol–water partition coefficient (Wildman–Crippen LogP) is 3.79. The standard InChI is InChI=1S/C15H18N2O2.C5H11NO2/c1-19-12-7-8-13-14(9-12)17(15(18)10-16-13)11-5-3-2-4-6-11;1-5(2,3)8-4(6)7/h7-11H,2-6H2,1H3;1-3H3,(H2,6,7). The van der Waals surface area contributed by atoms with Crippen molar-refractivity contribution in [3.63, 3.8) is 0 Å². The Balaban J connectivity index is 0.000000279. The van der Waals surface area contributed by atoms with Gasteiger partial charge in [0.05, 0.1) is 24.3 Å². The van der Waals surface area contributed by atoms with Crippen molar-refractivity contribution in [2.45, 2.75) is 64.5 Å². The van der Waals surface area contributed by atoms with Crippen LogP contribution in [0.5, 0.6) is 5.75 Å². The van der Waals surface area contributed by atoms with Crippen LogP contribution in [0.3, 0.4) is 0 Å².